The summed E-state index contributed by atoms with van der Waals surface area (Å²) < 4.78 is 7.83. The second kappa shape index (κ2) is 6.48. The molecule has 112 valence electrons. The molecule has 0 bridgehead atoms. The van der Waals surface area contributed by atoms with Gasteiger partial charge in [-0.3, -0.25) is 0 Å². The van der Waals surface area contributed by atoms with Crippen molar-refractivity contribution < 1.29 is 4.74 Å². The SMILES string of the molecule is Cn1c(COc2cccc(Cl)c2)nnc1C1CCCCC1. The lowest BCUT2D eigenvalue weighted by Gasteiger charge is -2.20. The molecule has 0 N–H and O–H groups in total. The van der Waals surface area contributed by atoms with Crippen LogP contribution in [0.4, 0.5) is 0 Å². The van der Waals surface area contributed by atoms with Crippen molar-refractivity contribution in [2.75, 3.05) is 0 Å². The molecule has 0 saturated heterocycles. The third-order valence-corrected chi connectivity index (χ3v) is 4.37. The molecule has 2 aromatic rings. The summed E-state index contributed by atoms with van der Waals surface area (Å²) in [4.78, 5) is 0. The Morgan fingerprint density at radius 3 is 2.81 bits per heavy atom. The summed E-state index contributed by atoms with van der Waals surface area (Å²) >= 11 is 5.95. The second-order valence-electron chi connectivity index (χ2n) is 5.61. The number of ether oxygens (including phenoxy) is 1. The smallest absolute Gasteiger partial charge is 0.170 e. The van der Waals surface area contributed by atoms with Crippen molar-refractivity contribution in [3.8, 4) is 5.75 Å². The predicted octanol–water partition coefficient (Wildman–Crippen LogP) is 4.10. The van der Waals surface area contributed by atoms with Gasteiger partial charge in [-0.15, -0.1) is 10.2 Å². The summed E-state index contributed by atoms with van der Waals surface area (Å²) in [6.07, 6.45) is 6.39. The van der Waals surface area contributed by atoms with Gasteiger partial charge in [0, 0.05) is 18.0 Å². The number of rotatable bonds is 4. The maximum Gasteiger partial charge on any atom is 0.170 e. The lowest BCUT2D eigenvalue weighted by atomic mass is 9.89. The molecule has 0 amide bonds. The van der Waals surface area contributed by atoms with Crippen LogP contribution in [0.2, 0.25) is 5.02 Å². The highest BCUT2D eigenvalue weighted by atomic mass is 35.5. The van der Waals surface area contributed by atoms with Crippen LogP contribution in [0.25, 0.3) is 0 Å². The molecule has 1 aliphatic rings. The predicted molar refractivity (Wildman–Crippen MR) is 82.6 cm³/mol. The largest absolute Gasteiger partial charge is 0.486 e. The summed E-state index contributed by atoms with van der Waals surface area (Å²) in [5.41, 5.74) is 0. The average Bonchev–Trinajstić information content (AvgIpc) is 2.87. The first-order chi connectivity index (χ1) is 10.2. The molecule has 0 atom stereocenters. The van der Waals surface area contributed by atoms with Crippen molar-refractivity contribution >= 4 is 11.6 Å². The molecule has 0 aliphatic heterocycles. The van der Waals surface area contributed by atoms with Crippen LogP contribution in [-0.4, -0.2) is 14.8 Å². The number of nitrogens with zero attached hydrogens (tertiary/aromatic N) is 3. The van der Waals surface area contributed by atoms with Gasteiger partial charge in [-0.25, -0.2) is 0 Å². The van der Waals surface area contributed by atoms with Crippen LogP contribution in [0.1, 0.15) is 49.7 Å². The first-order valence-electron chi connectivity index (χ1n) is 7.50. The van der Waals surface area contributed by atoms with Crippen LogP contribution in [0.3, 0.4) is 0 Å². The molecular weight excluding hydrogens is 286 g/mol. The van der Waals surface area contributed by atoms with E-state index in [2.05, 4.69) is 14.8 Å². The van der Waals surface area contributed by atoms with E-state index < -0.39 is 0 Å². The maximum atomic E-state index is 5.95. The number of halogens is 1. The van der Waals surface area contributed by atoms with Gasteiger partial charge in [0.1, 0.15) is 18.2 Å². The summed E-state index contributed by atoms with van der Waals surface area (Å²) in [6.45, 7) is 0.413. The standard InChI is InChI=1S/C16H20ClN3O/c1-20-15(11-21-14-9-5-8-13(17)10-14)18-19-16(20)12-6-3-2-4-7-12/h5,8-10,12H,2-4,6-7,11H2,1H3. The van der Waals surface area contributed by atoms with Crippen LogP contribution in [0.15, 0.2) is 24.3 Å². The van der Waals surface area contributed by atoms with Crippen molar-refractivity contribution in [1.29, 1.82) is 0 Å². The molecule has 1 aliphatic carbocycles. The minimum absolute atomic E-state index is 0.413. The zero-order valence-corrected chi connectivity index (χ0v) is 13.0. The highest BCUT2D eigenvalue weighted by Gasteiger charge is 2.21. The minimum atomic E-state index is 0.413. The Balaban J connectivity index is 1.67. The first-order valence-corrected chi connectivity index (χ1v) is 7.88. The Bertz CT molecular complexity index is 605. The maximum absolute atomic E-state index is 5.95. The molecule has 0 spiro atoms. The van der Waals surface area contributed by atoms with E-state index in [1.165, 1.54) is 32.1 Å². The van der Waals surface area contributed by atoms with E-state index in [9.17, 15) is 0 Å². The highest BCUT2D eigenvalue weighted by molar-refractivity contribution is 6.30. The zero-order valence-electron chi connectivity index (χ0n) is 12.3. The topological polar surface area (TPSA) is 39.9 Å². The Labute approximate surface area is 130 Å². The van der Waals surface area contributed by atoms with E-state index in [4.69, 9.17) is 16.3 Å². The van der Waals surface area contributed by atoms with Gasteiger partial charge in [0.15, 0.2) is 5.82 Å². The Morgan fingerprint density at radius 1 is 1.24 bits per heavy atom. The van der Waals surface area contributed by atoms with Gasteiger partial charge in [-0.2, -0.15) is 0 Å². The van der Waals surface area contributed by atoms with Crippen molar-refractivity contribution in [3.05, 3.63) is 40.9 Å². The van der Waals surface area contributed by atoms with E-state index >= 15 is 0 Å². The van der Waals surface area contributed by atoms with Crippen LogP contribution < -0.4 is 4.74 Å². The van der Waals surface area contributed by atoms with Crippen LogP contribution >= 0.6 is 11.6 Å². The van der Waals surface area contributed by atoms with Gasteiger partial charge >= 0.3 is 0 Å². The third-order valence-electron chi connectivity index (χ3n) is 4.13. The molecule has 0 radical (unpaired) electrons. The van der Waals surface area contributed by atoms with Crippen molar-refractivity contribution in [1.82, 2.24) is 14.8 Å². The summed E-state index contributed by atoms with van der Waals surface area (Å²) in [5, 5.41) is 9.33. The number of hydrogen-bond acceptors (Lipinski definition) is 3. The number of hydrogen-bond donors (Lipinski definition) is 0. The van der Waals surface area contributed by atoms with E-state index in [0.717, 1.165) is 17.4 Å². The van der Waals surface area contributed by atoms with Gasteiger partial charge in [0.25, 0.3) is 0 Å². The minimum Gasteiger partial charge on any atom is -0.486 e. The monoisotopic (exact) mass is 305 g/mol. The Kier molecular flexibility index (Phi) is 4.44. The van der Waals surface area contributed by atoms with Crippen LogP contribution in [0, 0.1) is 0 Å². The molecule has 1 heterocycles. The van der Waals surface area contributed by atoms with Crippen LogP contribution in [0.5, 0.6) is 5.75 Å². The summed E-state index contributed by atoms with van der Waals surface area (Å²) in [7, 11) is 2.03. The molecule has 5 heteroatoms. The fraction of sp³-hybridized carbons (Fsp3) is 0.500. The van der Waals surface area contributed by atoms with Gasteiger partial charge in [-0.05, 0) is 31.0 Å². The summed E-state index contributed by atoms with van der Waals surface area (Å²) in [6, 6.07) is 7.41. The van der Waals surface area contributed by atoms with Gasteiger partial charge in [0.05, 0.1) is 0 Å². The summed E-state index contributed by atoms with van der Waals surface area (Å²) in [5.74, 6) is 3.26. The molecule has 3 rings (SSSR count). The van der Waals surface area contributed by atoms with Crippen LogP contribution in [-0.2, 0) is 13.7 Å². The number of aromatic nitrogens is 3. The molecule has 1 fully saturated rings. The van der Waals surface area contributed by atoms with Gasteiger partial charge < -0.3 is 9.30 Å². The molecule has 0 unspecified atom stereocenters. The lowest BCUT2D eigenvalue weighted by Crippen LogP contribution is -2.12. The van der Waals surface area contributed by atoms with Crippen molar-refractivity contribution in [2.24, 2.45) is 7.05 Å². The van der Waals surface area contributed by atoms with E-state index in [0.29, 0.717) is 17.5 Å². The third kappa shape index (κ3) is 3.38. The van der Waals surface area contributed by atoms with E-state index in [-0.39, 0.29) is 0 Å². The molecule has 1 saturated carbocycles. The molecule has 21 heavy (non-hydrogen) atoms. The lowest BCUT2D eigenvalue weighted by molar-refractivity contribution is 0.290. The first kappa shape index (κ1) is 14.4. The van der Waals surface area contributed by atoms with Gasteiger partial charge in [0.2, 0.25) is 0 Å². The molecule has 1 aromatic carbocycles. The Hall–Kier alpha value is -1.55. The molecule has 4 nitrogen and oxygen atoms in total. The normalized spacial score (nSPS) is 16.1. The molecule has 1 aromatic heterocycles. The highest BCUT2D eigenvalue weighted by Crippen LogP contribution is 2.31. The zero-order chi connectivity index (χ0) is 14.7. The van der Waals surface area contributed by atoms with Gasteiger partial charge in [-0.1, -0.05) is 36.9 Å². The number of benzene rings is 1. The quantitative estimate of drug-likeness (QED) is 0.854. The van der Waals surface area contributed by atoms with Crippen molar-refractivity contribution in [2.45, 2.75) is 44.6 Å². The van der Waals surface area contributed by atoms with E-state index in [1.807, 2.05) is 25.2 Å². The Morgan fingerprint density at radius 2 is 2.05 bits per heavy atom. The average molecular weight is 306 g/mol. The second-order valence-corrected chi connectivity index (χ2v) is 6.05. The van der Waals surface area contributed by atoms with Crippen molar-refractivity contribution in [3.63, 3.8) is 0 Å². The fourth-order valence-corrected chi connectivity index (χ4v) is 3.10. The van der Waals surface area contributed by atoms with E-state index in [1.54, 1.807) is 6.07 Å². The fourth-order valence-electron chi connectivity index (χ4n) is 2.92. The molecular formula is C16H20ClN3O.